The van der Waals surface area contributed by atoms with Gasteiger partial charge in [-0.3, -0.25) is 0 Å². The van der Waals surface area contributed by atoms with E-state index in [0.717, 1.165) is 18.3 Å². The van der Waals surface area contributed by atoms with Crippen LogP contribution in [0, 0.1) is 23.7 Å². The van der Waals surface area contributed by atoms with Gasteiger partial charge in [0.15, 0.2) is 0 Å². The fourth-order valence-corrected chi connectivity index (χ4v) is 4.39. The lowest BCUT2D eigenvalue weighted by Crippen LogP contribution is -2.28. The molecule has 0 amide bonds. The SMILES string of the molecule is CC1CC(C)CC(C2Cc3ccccc3C2O)C1. The Labute approximate surface area is 110 Å². The lowest BCUT2D eigenvalue weighted by atomic mass is 9.70. The van der Waals surface area contributed by atoms with Crippen LogP contribution in [0.4, 0.5) is 0 Å². The first-order valence-electron chi connectivity index (χ1n) is 7.41. The van der Waals surface area contributed by atoms with Crippen LogP contribution in [0.2, 0.25) is 0 Å². The quantitative estimate of drug-likeness (QED) is 0.792. The molecule has 1 aromatic carbocycles. The summed E-state index contributed by atoms with van der Waals surface area (Å²) in [6.07, 6.45) is 4.84. The highest BCUT2D eigenvalue weighted by molar-refractivity contribution is 5.34. The van der Waals surface area contributed by atoms with Gasteiger partial charge in [-0.05, 0) is 60.5 Å². The van der Waals surface area contributed by atoms with Crippen molar-refractivity contribution in [3.8, 4) is 0 Å². The van der Waals surface area contributed by atoms with Gasteiger partial charge in [0, 0.05) is 0 Å². The van der Waals surface area contributed by atoms with E-state index in [4.69, 9.17) is 0 Å². The third-order valence-corrected chi connectivity index (χ3v) is 5.06. The Hall–Kier alpha value is -0.820. The minimum atomic E-state index is -0.219. The smallest absolute Gasteiger partial charge is 0.0826 e. The van der Waals surface area contributed by atoms with Crippen molar-refractivity contribution < 1.29 is 5.11 Å². The average molecular weight is 244 g/mol. The number of hydrogen-bond acceptors (Lipinski definition) is 1. The van der Waals surface area contributed by atoms with Gasteiger partial charge in [0.2, 0.25) is 0 Å². The van der Waals surface area contributed by atoms with E-state index in [2.05, 4.69) is 38.1 Å². The molecule has 1 nitrogen and oxygen atoms in total. The Balaban J connectivity index is 1.79. The lowest BCUT2D eigenvalue weighted by Gasteiger charge is -2.36. The van der Waals surface area contributed by atoms with Gasteiger partial charge in [-0.1, -0.05) is 38.1 Å². The predicted octanol–water partition coefficient (Wildman–Crippen LogP) is 3.96. The van der Waals surface area contributed by atoms with Crippen LogP contribution in [0.5, 0.6) is 0 Å². The maximum absolute atomic E-state index is 10.6. The summed E-state index contributed by atoms with van der Waals surface area (Å²) in [5, 5.41) is 10.6. The summed E-state index contributed by atoms with van der Waals surface area (Å²) in [6, 6.07) is 8.44. The van der Waals surface area contributed by atoms with E-state index < -0.39 is 0 Å². The molecule has 4 atom stereocenters. The van der Waals surface area contributed by atoms with Crippen LogP contribution in [0.15, 0.2) is 24.3 Å². The third-order valence-electron chi connectivity index (χ3n) is 5.06. The molecule has 2 aliphatic carbocycles. The number of benzene rings is 1. The van der Waals surface area contributed by atoms with E-state index in [1.165, 1.54) is 30.4 Å². The molecule has 0 spiro atoms. The molecular formula is C17H24O. The third kappa shape index (κ3) is 2.09. The van der Waals surface area contributed by atoms with Gasteiger partial charge in [0.05, 0.1) is 6.10 Å². The molecule has 3 rings (SSSR count). The van der Waals surface area contributed by atoms with Gasteiger partial charge in [0.1, 0.15) is 0 Å². The van der Waals surface area contributed by atoms with E-state index >= 15 is 0 Å². The fourth-order valence-electron chi connectivity index (χ4n) is 4.39. The minimum absolute atomic E-state index is 0.219. The molecule has 0 radical (unpaired) electrons. The summed E-state index contributed by atoms with van der Waals surface area (Å²) in [7, 11) is 0. The second kappa shape index (κ2) is 4.70. The Kier molecular flexibility index (Phi) is 3.19. The molecule has 18 heavy (non-hydrogen) atoms. The topological polar surface area (TPSA) is 20.2 Å². The predicted molar refractivity (Wildman–Crippen MR) is 74.3 cm³/mol. The summed E-state index contributed by atoms with van der Waals surface area (Å²) < 4.78 is 0. The maximum atomic E-state index is 10.6. The molecule has 1 heteroatoms. The fraction of sp³-hybridized carbons (Fsp3) is 0.647. The molecule has 0 heterocycles. The molecule has 0 bridgehead atoms. The number of aliphatic hydroxyl groups is 1. The molecule has 1 fully saturated rings. The second-order valence-electron chi connectivity index (χ2n) is 6.69. The monoisotopic (exact) mass is 244 g/mol. The van der Waals surface area contributed by atoms with Crippen molar-refractivity contribution in [3.63, 3.8) is 0 Å². The van der Waals surface area contributed by atoms with Crippen LogP contribution in [0.1, 0.15) is 50.3 Å². The Bertz CT molecular complexity index is 415. The van der Waals surface area contributed by atoms with Crippen LogP contribution in [0.3, 0.4) is 0 Å². The Morgan fingerprint density at radius 2 is 1.67 bits per heavy atom. The van der Waals surface area contributed by atoms with Crippen molar-refractivity contribution in [2.24, 2.45) is 23.7 Å². The summed E-state index contributed by atoms with van der Waals surface area (Å²) >= 11 is 0. The highest BCUT2D eigenvalue weighted by atomic mass is 16.3. The van der Waals surface area contributed by atoms with Gasteiger partial charge in [-0.2, -0.15) is 0 Å². The first-order chi connectivity index (χ1) is 8.65. The standard InChI is InChI=1S/C17H24O/c1-11-7-12(2)9-14(8-11)16-10-13-5-3-4-6-15(13)17(16)18/h3-6,11-12,14,16-18H,7-10H2,1-2H3. The molecule has 4 unspecified atom stereocenters. The van der Waals surface area contributed by atoms with Crippen molar-refractivity contribution in [2.75, 3.05) is 0 Å². The summed E-state index contributed by atoms with van der Waals surface area (Å²) in [6.45, 7) is 4.74. The van der Waals surface area contributed by atoms with E-state index in [1.807, 2.05) is 0 Å². The van der Waals surface area contributed by atoms with E-state index in [-0.39, 0.29) is 6.10 Å². The Morgan fingerprint density at radius 3 is 2.33 bits per heavy atom. The zero-order chi connectivity index (χ0) is 12.7. The molecule has 2 aliphatic rings. The highest BCUT2D eigenvalue weighted by Crippen LogP contribution is 2.46. The van der Waals surface area contributed by atoms with Crippen LogP contribution >= 0.6 is 0 Å². The zero-order valence-electron chi connectivity index (χ0n) is 11.5. The largest absolute Gasteiger partial charge is 0.388 e. The molecular weight excluding hydrogens is 220 g/mol. The average Bonchev–Trinajstić information content (AvgIpc) is 2.66. The number of fused-ring (bicyclic) bond motifs is 1. The van der Waals surface area contributed by atoms with Crippen molar-refractivity contribution >= 4 is 0 Å². The van der Waals surface area contributed by atoms with Gasteiger partial charge in [0.25, 0.3) is 0 Å². The second-order valence-corrected chi connectivity index (χ2v) is 6.69. The van der Waals surface area contributed by atoms with Crippen LogP contribution in [-0.4, -0.2) is 5.11 Å². The summed E-state index contributed by atoms with van der Waals surface area (Å²) in [4.78, 5) is 0. The van der Waals surface area contributed by atoms with Crippen molar-refractivity contribution in [2.45, 2.75) is 45.6 Å². The Morgan fingerprint density at radius 1 is 1.00 bits per heavy atom. The van der Waals surface area contributed by atoms with E-state index in [9.17, 15) is 5.11 Å². The van der Waals surface area contributed by atoms with Crippen LogP contribution < -0.4 is 0 Å². The molecule has 98 valence electrons. The maximum Gasteiger partial charge on any atom is 0.0826 e. The van der Waals surface area contributed by atoms with Crippen LogP contribution in [0.25, 0.3) is 0 Å². The van der Waals surface area contributed by atoms with Gasteiger partial charge < -0.3 is 5.11 Å². The van der Waals surface area contributed by atoms with Gasteiger partial charge in [-0.15, -0.1) is 0 Å². The zero-order valence-corrected chi connectivity index (χ0v) is 11.5. The molecule has 0 aromatic heterocycles. The normalized spacial score (nSPS) is 39.6. The number of rotatable bonds is 1. The molecule has 1 N–H and O–H groups in total. The first kappa shape index (κ1) is 12.2. The minimum Gasteiger partial charge on any atom is -0.388 e. The van der Waals surface area contributed by atoms with Gasteiger partial charge in [-0.25, -0.2) is 0 Å². The van der Waals surface area contributed by atoms with Crippen molar-refractivity contribution in [1.29, 1.82) is 0 Å². The van der Waals surface area contributed by atoms with E-state index in [0.29, 0.717) is 11.8 Å². The van der Waals surface area contributed by atoms with Gasteiger partial charge >= 0.3 is 0 Å². The summed E-state index contributed by atoms with van der Waals surface area (Å²) in [5.74, 6) is 2.84. The molecule has 1 saturated carbocycles. The molecule has 0 aliphatic heterocycles. The van der Waals surface area contributed by atoms with Crippen molar-refractivity contribution in [1.82, 2.24) is 0 Å². The van der Waals surface area contributed by atoms with Crippen LogP contribution in [-0.2, 0) is 6.42 Å². The van der Waals surface area contributed by atoms with Crippen molar-refractivity contribution in [3.05, 3.63) is 35.4 Å². The highest BCUT2D eigenvalue weighted by Gasteiger charge is 2.38. The van der Waals surface area contributed by atoms with E-state index in [1.54, 1.807) is 0 Å². The molecule has 0 saturated heterocycles. The molecule has 1 aromatic rings. The summed E-state index contributed by atoms with van der Waals surface area (Å²) in [5.41, 5.74) is 2.56. The first-order valence-corrected chi connectivity index (χ1v) is 7.41. The number of hydrogen-bond donors (Lipinski definition) is 1. The number of aliphatic hydroxyl groups excluding tert-OH is 1. The lowest BCUT2D eigenvalue weighted by molar-refractivity contribution is 0.0517.